The first-order chi connectivity index (χ1) is 10.5. The number of halogens is 1. The quantitative estimate of drug-likeness (QED) is 0.786. The number of hydrogen-bond acceptors (Lipinski definition) is 6. The van der Waals surface area contributed by atoms with Crippen molar-refractivity contribution in [3.8, 4) is 16.6 Å². The summed E-state index contributed by atoms with van der Waals surface area (Å²) >= 11 is 6.83. The van der Waals surface area contributed by atoms with Crippen LogP contribution in [0.3, 0.4) is 0 Å². The highest BCUT2D eigenvalue weighted by Crippen LogP contribution is 2.34. The summed E-state index contributed by atoms with van der Waals surface area (Å²) in [5, 5.41) is 9.43. The van der Waals surface area contributed by atoms with E-state index in [2.05, 4.69) is 9.97 Å². The van der Waals surface area contributed by atoms with Gasteiger partial charge in [0.25, 0.3) is 0 Å². The van der Waals surface area contributed by atoms with Crippen molar-refractivity contribution in [2.24, 2.45) is 0 Å². The lowest BCUT2D eigenvalue weighted by atomic mass is 10.2. The van der Waals surface area contributed by atoms with Crippen LogP contribution in [0.25, 0.3) is 16.2 Å². The number of thiazole rings is 1. The lowest BCUT2D eigenvalue weighted by molar-refractivity contribution is 0.0702. The second kappa shape index (κ2) is 5.47. The number of ether oxygens (including phenoxy) is 2. The topological polar surface area (TPSA) is 86.5 Å². The van der Waals surface area contributed by atoms with Crippen molar-refractivity contribution in [2.45, 2.75) is 0 Å². The molecule has 0 saturated carbocycles. The van der Waals surface area contributed by atoms with Gasteiger partial charge >= 0.3 is 5.97 Å². The Morgan fingerprint density at radius 1 is 1.32 bits per heavy atom. The van der Waals surface area contributed by atoms with Gasteiger partial charge in [-0.3, -0.25) is 4.57 Å². The summed E-state index contributed by atoms with van der Waals surface area (Å²) in [5.41, 5.74) is 1.38. The fourth-order valence-electron chi connectivity index (χ4n) is 2.01. The van der Waals surface area contributed by atoms with E-state index in [9.17, 15) is 4.79 Å². The molecule has 0 spiro atoms. The third kappa shape index (κ3) is 2.26. The van der Waals surface area contributed by atoms with E-state index in [1.807, 2.05) is 0 Å². The summed E-state index contributed by atoms with van der Waals surface area (Å²) in [7, 11) is 3.08. The monoisotopic (exact) mass is 339 g/mol. The smallest absolute Gasteiger partial charge is 0.349 e. The Balaban J connectivity index is 2.19. The number of methoxy groups -OCH3 is 2. The normalized spacial score (nSPS) is 10.9. The molecule has 0 fully saturated rings. The largest absolute Gasteiger partial charge is 0.493 e. The summed E-state index contributed by atoms with van der Waals surface area (Å²) in [5.74, 6) is -0.0149. The molecule has 114 valence electrons. The van der Waals surface area contributed by atoms with E-state index in [0.29, 0.717) is 27.7 Å². The number of hydrogen-bond donors (Lipinski definition) is 1. The summed E-state index contributed by atoms with van der Waals surface area (Å²) in [6, 6.07) is 3.48. The fraction of sp³-hybridized carbons (Fsp3) is 0.154. The first-order valence-corrected chi connectivity index (χ1v) is 7.23. The molecule has 3 aromatic rings. The van der Waals surface area contributed by atoms with E-state index >= 15 is 0 Å². The van der Waals surface area contributed by atoms with Crippen LogP contribution in [0.5, 0.6) is 11.5 Å². The number of nitrogens with zero attached hydrogens (tertiary/aromatic N) is 3. The average molecular weight is 340 g/mol. The molecule has 1 N–H and O–H groups in total. The molecule has 0 unspecified atom stereocenters. The zero-order chi connectivity index (χ0) is 15.9. The van der Waals surface area contributed by atoms with Crippen LogP contribution in [0.2, 0.25) is 5.15 Å². The number of carboxylic acids is 1. The van der Waals surface area contributed by atoms with Crippen LogP contribution in [0, 0.1) is 0 Å². The van der Waals surface area contributed by atoms with Crippen LogP contribution in [0.4, 0.5) is 0 Å². The van der Waals surface area contributed by atoms with Crippen LogP contribution in [-0.4, -0.2) is 39.8 Å². The van der Waals surface area contributed by atoms with Gasteiger partial charge in [0, 0.05) is 12.1 Å². The molecule has 22 heavy (non-hydrogen) atoms. The van der Waals surface area contributed by atoms with E-state index < -0.39 is 5.97 Å². The van der Waals surface area contributed by atoms with Gasteiger partial charge < -0.3 is 14.6 Å². The van der Waals surface area contributed by atoms with Crippen LogP contribution >= 0.6 is 22.9 Å². The van der Waals surface area contributed by atoms with E-state index in [0.717, 1.165) is 11.3 Å². The van der Waals surface area contributed by atoms with Gasteiger partial charge in [0.15, 0.2) is 26.7 Å². The van der Waals surface area contributed by atoms with Crippen LogP contribution < -0.4 is 9.47 Å². The van der Waals surface area contributed by atoms with Gasteiger partial charge in [-0.2, -0.15) is 0 Å². The minimum atomic E-state index is -1.11. The maximum Gasteiger partial charge on any atom is 0.349 e. The predicted octanol–water partition coefficient (Wildman–Crippen LogP) is 2.85. The Labute approximate surface area is 133 Å². The molecule has 0 aliphatic carbocycles. The van der Waals surface area contributed by atoms with Gasteiger partial charge in [-0.1, -0.05) is 22.9 Å². The molecule has 2 heterocycles. The zero-order valence-corrected chi connectivity index (χ0v) is 13.1. The Morgan fingerprint density at radius 3 is 2.59 bits per heavy atom. The van der Waals surface area contributed by atoms with Crippen molar-refractivity contribution in [2.75, 3.05) is 14.2 Å². The molecule has 0 aliphatic rings. The molecule has 0 saturated heterocycles. The van der Waals surface area contributed by atoms with E-state index in [4.69, 9.17) is 26.2 Å². The number of benzene rings is 1. The van der Waals surface area contributed by atoms with Crippen molar-refractivity contribution in [3.63, 3.8) is 0 Å². The molecule has 2 aromatic heterocycles. The minimum Gasteiger partial charge on any atom is -0.493 e. The Bertz CT molecular complexity index is 874. The SMILES string of the molecule is COc1cc2ncn(-c3nc(Cl)c(C(=O)O)s3)c2cc1OC. The summed E-state index contributed by atoms with van der Waals surface area (Å²) < 4.78 is 12.1. The first kappa shape index (κ1) is 14.6. The lowest BCUT2D eigenvalue weighted by Crippen LogP contribution is -1.93. The third-order valence-electron chi connectivity index (χ3n) is 3.03. The van der Waals surface area contributed by atoms with E-state index in [1.165, 1.54) is 7.11 Å². The van der Waals surface area contributed by atoms with Crippen molar-refractivity contribution in [1.29, 1.82) is 0 Å². The minimum absolute atomic E-state index is 0.0148. The van der Waals surface area contributed by atoms with Gasteiger partial charge in [0.2, 0.25) is 0 Å². The van der Waals surface area contributed by atoms with Gasteiger partial charge in [0.1, 0.15) is 6.33 Å². The molecule has 0 amide bonds. The van der Waals surface area contributed by atoms with Crippen LogP contribution in [0.1, 0.15) is 9.67 Å². The molecule has 7 nitrogen and oxygen atoms in total. The second-order valence-electron chi connectivity index (χ2n) is 4.23. The number of rotatable bonds is 4. The van der Waals surface area contributed by atoms with Crippen molar-refractivity contribution in [3.05, 3.63) is 28.5 Å². The van der Waals surface area contributed by atoms with Crippen LogP contribution in [0.15, 0.2) is 18.5 Å². The van der Waals surface area contributed by atoms with Crippen molar-refractivity contribution in [1.82, 2.24) is 14.5 Å². The Hall–Kier alpha value is -2.32. The maximum atomic E-state index is 11.1. The van der Waals surface area contributed by atoms with Gasteiger partial charge in [-0.15, -0.1) is 0 Å². The maximum absolute atomic E-state index is 11.1. The van der Waals surface area contributed by atoms with Crippen molar-refractivity contribution < 1.29 is 19.4 Å². The molecular weight excluding hydrogens is 330 g/mol. The van der Waals surface area contributed by atoms with Gasteiger partial charge in [-0.05, 0) is 0 Å². The second-order valence-corrected chi connectivity index (χ2v) is 5.57. The molecular formula is C13H10ClN3O4S. The lowest BCUT2D eigenvalue weighted by Gasteiger charge is -2.07. The Morgan fingerprint density at radius 2 is 2.00 bits per heavy atom. The molecule has 0 bridgehead atoms. The third-order valence-corrected chi connectivity index (χ3v) is 4.46. The first-order valence-electron chi connectivity index (χ1n) is 6.04. The molecule has 0 aliphatic heterocycles. The summed E-state index contributed by atoms with van der Waals surface area (Å²) in [6.45, 7) is 0. The van der Waals surface area contributed by atoms with Gasteiger partial charge in [-0.25, -0.2) is 14.8 Å². The Kier molecular flexibility index (Phi) is 3.63. The fourth-order valence-corrected chi connectivity index (χ4v) is 3.12. The highest BCUT2D eigenvalue weighted by atomic mass is 35.5. The summed E-state index contributed by atoms with van der Waals surface area (Å²) in [4.78, 5) is 19.4. The number of imidazole rings is 1. The standard InChI is InChI=1S/C13H10ClN3O4S/c1-20-8-3-6-7(4-9(8)21-2)17(5-15-6)13-16-11(14)10(22-13)12(18)19/h3-5H,1-2H3,(H,18,19). The van der Waals surface area contributed by atoms with E-state index in [1.54, 1.807) is 30.1 Å². The molecule has 0 atom stereocenters. The molecule has 9 heteroatoms. The summed E-state index contributed by atoms with van der Waals surface area (Å²) in [6.07, 6.45) is 1.55. The number of fused-ring (bicyclic) bond motifs is 1. The number of aromatic carboxylic acids is 1. The van der Waals surface area contributed by atoms with Crippen LogP contribution in [-0.2, 0) is 0 Å². The zero-order valence-electron chi connectivity index (χ0n) is 11.5. The van der Waals surface area contributed by atoms with Gasteiger partial charge in [0.05, 0.1) is 25.3 Å². The number of carbonyl (C=O) groups is 1. The predicted molar refractivity (Wildman–Crippen MR) is 81.8 cm³/mol. The number of carboxylic acid groups (broad SMARTS) is 1. The highest BCUT2D eigenvalue weighted by molar-refractivity contribution is 7.16. The molecule has 0 radical (unpaired) electrons. The highest BCUT2D eigenvalue weighted by Gasteiger charge is 2.19. The number of aromatic nitrogens is 3. The molecule has 1 aromatic carbocycles. The average Bonchev–Trinajstić information content (AvgIpc) is 3.08. The van der Waals surface area contributed by atoms with Crippen molar-refractivity contribution >= 4 is 39.9 Å². The molecule has 3 rings (SSSR count). The van der Waals surface area contributed by atoms with E-state index in [-0.39, 0.29) is 10.0 Å².